The summed E-state index contributed by atoms with van der Waals surface area (Å²) in [6.07, 6.45) is 1.64. The molecule has 0 saturated heterocycles. The van der Waals surface area contributed by atoms with Crippen LogP contribution < -0.4 is 9.47 Å². The lowest BCUT2D eigenvalue weighted by atomic mass is 10.1. The van der Waals surface area contributed by atoms with Crippen molar-refractivity contribution in [3.8, 4) is 11.5 Å². The van der Waals surface area contributed by atoms with Crippen LogP contribution in [0.15, 0.2) is 41.5 Å². The Balaban J connectivity index is 1.86. The number of hydrogen-bond acceptors (Lipinski definition) is 7. The molecule has 0 bridgehead atoms. The fourth-order valence-corrected chi connectivity index (χ4v) is 2.89. The van der Waals surface area contributed by atoms with Gasteiger partial charge in [0.2, 0.25) is 4.77 Å². The first-order chi connectivity index (χ1) is 13.9. The molecule has 1 heterocycles. The van der Waals surface area contributed by atoms with Crippen molar-refractivity contribution in [1.29, 1.82) is 0 Å². The van der Waals surface area contributed by atoms with Crippen LogP contribution in [0.1, 0.15) is 22.5 Å². The third kappa shape index (κ3) is 4.66. The average molecular weight is 413 g/mol. The van der Waals surface area contributed by atoms with Crippen LogP contribution in [0.2, 0.25) is 0 Å². The number of aromatic nitrogens is 3. The standard InChI is InChI=1S/C19H19N5O4S/c1-12-4-6-16(24(25)26)18(8-12)28-11-15-9-14(5-7-17(15)27-3)10-20-23-13(2)21-22-19(23)29/h4-10H,11H2,1-3H3,(H,22,29). The van der Waals surface area contributed by atoms with Gasteiger partial charge in [0.25, 0.3) is 0 Å². The average Bonchev–Trinajstić information content (AvgIpc) is 3.02. The number of H-pyrrole nitrogens is 1. The van der Waals surface area contributed by atoms with E-state index in [0.717, 1.165) is 16.7 Å². The Hall–Kier alpha value is -3.53. The van der Waals surface area contributed by atoms with Crippen molar-refractivity contribution in [2.45, 2.75) is 20.5 Å². The van der Waals surface area contributed by atoms with Crippen LogP contribution in [0, 0.1) is 28.7 Å². The maximum atomic E-state index is 11.2. The summed E-state index contributed by atoms with van der Waals surface area (Å²) < 4.78 is 13.0. The van der Waals surface area contributed by atoms with E-state index in [-0.39, 0.29) is 18.0 Å². The molecule has 10 heteroatoms. The zero-order valence-electron chi connectivity index (χ0n) is 16.1. The Morgan fingerprint density at radius 1 is 1.28 bits per heavy atom. The molecule has 0 unspecified atom stereocenters. The highest BCUT2D eigenvalue weighted by Gasteiger charge is 2.16. The number of aromatic amines is 1. The van der Waals surface area contributed by atoms with E-state index in [1.54, 1.807) is 38.4 Å². The van der Waals surface area contributed by atoms with Gasteiger partial charge in [-0.1, -0.05) is 6.07 Å². The van der Waals surface area contributed by atoms with Crippen LogP contribution in [0.3, 0.4) is 0 Å². The highest BCUT2D eigenvalue weighted by Crippen LogP contribution is 2.30. The van der Waals surface area contributed by atoms with Crippen molar-refractivity contribution in [2.24, 2.45) is 5.10 Å². The van der Waals surface area contributed by atoms with Crippen LogP contribution in [-0.2, 0) is 6.61 Å². The van der Waals surface area contributed by atoms with Crippen LogP contribution in [0.4, 0.5) is 5.69 Å². The van der Waals surface area contributed by atoms with E-state index in [9.17, 15) is 10.1 Å². The van der Waals surface area contributed by atoms with Gasteiger partial charge < -0.3 is 9.47 Å². The predicted octanol–water partition coefficient (Wildman–Crippen LogP) is 3.94. The molecule has 150 valence electrons. The van der Waals surface area contributed by atoms with Gasteiger partial charge in [-0.15, -0.1) is 0 Å². The number of nitro groups is 1. The maximum Gasteiger partial charge on any atom is 0.310 e. The Morgan fingerprint density at radius 3 is 2.72 bits per heavy atom. The van der Waals surface area contributed by atoms with E-state index < -0.39 is 4.92 Å². The highest BCUT2D eigenvalue weighted by molar-refractivity contribution is 7.71. The Labute approximate surface area is 171 Å². The summed E-state index contributed by atoms with van der Waals surface area (Å²) in [7, 11) is 1.55. The van der Waals surface area contributed by atoms with Gasteiger partial charge in [-0.05, 0) is 61.5 Å². The molecule has 2 aromatic carbocycles. The van der Waals surface area contributed by atoms with E-state index >= 15 is 0 Å². The van der Waals surface area contributed by atoms with Gasteiger partial charge in [-0.25, -0.2) is 0 Å². The van der Waals surface area contributed by atoms with Crippen molar-refractivity contribution in [3.05, 3.63) is 73.8 Å². The molecule has 0 amide bonds. The van der Waals surface area contributed by atoms with Gasteiger partial charge in [-0.3, -0.25) is 15.2 Å². The number of rotatable bonds is 7. The number of ether oxygens (including phenoxy) is 2. The Kier molecular flexibility index (Phi) is 6.03. The SMILES string of the molecule is COc1ccc(C=Nn2c(C)n[nH]c2=S)cc1COc1cc(C)ccc1[N+](=O)[O-]. The van der Waals surface area contributed by atoms with E-state index in [1.807, 2.05) is 19.1 Å². The minimum absolute atomic E-state index is 0.0860. The van der Waals surface area contributed by atoms with Gasteiger partial charge in [0.05, 0.1) is 18.2 Å². The van der Waals surface area contributed by atoms with Gasteiger partial charge in [0.1, 0.15) is 18.2 Å². The van der Waals surface area contributed by atoms with Crippen LogP contribution in [-0.4, -0.2) is 33.1 Å². The lowest BCUT2D eigenvalue weighted by Crippen LogP contribution is -2.02. The molecule has 0 aliphatic heterocycles. The summed E-state index contributed by atoms with van der Waals surface area (Å²) in [6.45, 7) is 3.72. The lowest BCUT2D eigenvalue weighted by Gasteiger charge is -2.12. The zero-order chi connectivity index (χ0) is 21.0. The smallest absolute Gasteiger partial charge is 0.310 e. The molecular weight excluding hydrogens is 394 g/mol. The third-order valence-corrected chi connectivity index (χ3v) is 4.40. The van der Waals surface area contributed by atoms with Crippen molar-refractivity contribution in [1.82, 2.24) is 14.9 Å². The first-order valence-electron chi connectivity index (χ1n) is 8.62. The van der Waals surface area contributed by atoms with Crippen LogP contribution in [0.5, 0.6) is 11.5 Å². The molecule has 0 fully saturated rings. The quantitative estimate of drug-likeness (QED) is 0.272. The normalized spacial score (nSPS) is 11.0. The molecule has 9 nitrogen and oxygen atoms in total. The van der Waals surface area contributed by atoms with Crippen molar-refractivity contribution >= 4 is 24.1 Å². The number of nitrogens with zero attached hydrogens (tertiary/aromatic N) is 4. The summed E-state index contributed by atoms with van der Waals surface area (Å²) in [5, 5.41) is 22.2. The lowest BCUT2D eigenvalue weighted by molar-refractivity contribution is -0.386. The summed E-state index contributed by atoms with van der Waals surface area (Å²) in [6, 6.07) is 10.2. The second-order valence-corrected chi connectivity index (χ2v) is 6.61. The van der Waals surface area contributed by atoms with Gasteiger partial charge in [0, 0.05) is 11.6 Å². The van der Waals surface area contributed by atoms with E-state index in [1.165, 1.54) is 10.7 Å². The fraction of sp³-hybridized carbons (Fsp3) is 0.211. The van der Waals surface area contributed by atoms with Crippen LogP contribution >= 0.6 is 12.2 Å². The summed E-state index contributed by atoms with van der Waals surface area (Å²) in [5.74, 6) is 1.44. The van der Waals surface area contributed by atoms with Crippen molar-refractivity contribution in [2.75, 3.05) is 7.11 Å². The van der Waals surface area contributed by atoms with Gasteiger partial charge in [-0.2, -0.15) is 14.9 Å². The molecule has 0 saturated carbocycles. The number of benzene rings is 2. The van der Waals surface area contributed by atoms with Gasteiger partial charge >= 0.3 is 5.69 Å². The molecule has 1 aromatic heterocycles. The summed E-state index contributed by atoms with van der Waals surface area (Å²) in [5.41, 5.74) is 2.29. The first kappa shape index (κ1) is 20.2. The molecule has 0 spiro atoms. The fourth-order valence-electron chi connectivity index (χ4n) is 2.67. The van der Waals surface area contributed by atoms with Gasteiger partial charge in [0.15, 0.2) is 5.75 Å². The topological polar surface area (TPSA) is 108 Å². The third-order valence-electron chi connectivity index (χ3n) is 4.13. The summed E-state index contributed by atoms with van der Waals surface area (Å²) in [4.78, 5) is 10.8. The molecule has 0 aliphatic carbocycles. The number of hydrogen-bond donors (Lipinski definition) is 1. The number of aryl methyl sites for hydroxylation is 2. The number of nitrogens with one attached hydrogen (secondary N) is 1. The van der Waals surface area contributed by atoms with Crippen LogP contribution in [0.25, 0.3) is 0 Å². The zero-order valence-corrected chi connectivity index (χ0v) is 16.9. The predicted molar refractivity (Wildman–Crippen MR) is 110 cm³/mol. The molecule has 1 N–H and O–H groups in total. The minimum Gasteiger partial charge on any atom is -0.496 e. The molecule has 0 atom stereocenters. The Morgan fingerprint density at radius 2 is 2.07 bits per heavy atom. The van der Waals surface area contributed by atoms with E-state index in [4.69, 9.17) is 21.7 Å². The molecular formula is C19H19N5O4S. The second kappa shape index (κ2) is 8.65. The molecule has 29 heavy (non-hydrogen) atoms. The number of nitro benzene ring substituents is 1. The van der Waals surface area contributed by atoms with E-state index in [2.05, 4.69) is 15.3 Å². The monoisotopic (exact) mass is 413 g/mol. The molecule has 3 aromatic rings. The van der Waals surface area contributed by atoms with E-state index in [0.29, 0.717) is 16.3 Å². The molecule has 0 radical (unpaired) electrons. The van der Waals surface area contributed by atoms with Crippen molar-refractivity contribution in [3.63, 3.8) is 0 Å². The first-order valence-corrected chi connectivity index (χ1v) is 9.03. The van der Waals surface area contributed by atoms with Crippen molar-refractivity contribution < 1.29 is 14.4 Å². The summed E-state index contributed by atoms with van der Waals surface area (Å²) >= 11 is 5.13. The Bertz CT molecular complexity index is 1140. The molecule has 0 aliphatic rings. The second-order valence-electron chi connectivity index (χ2n) is 6.22. The number of methoxy groups -OCH3 is 1. The highest BCUT2D eigenvalue weighted by atomic mass is 32.1. The minimum atomic E-state index is -0.466. The largest absolute Gasteiger partial charge is 0.496 e. The molecule has 3 rings (SSSR count). The maximum absolute atomic E-state index is 11.2.